The summed E-state index contributed by atoms with van der Waals surface area (Å²) in [6.45, 7) is 5.74. The predicted octanol–water partition coefficient (Wildman–Crippen LogP) is 5.09. The Balaban J connectivity index is 1.83. The summed E-state index contributed by atoms with van der Waals surface area (Å²) in [6.07, 6.45) is 4.11. The number of aromatic hydroxyl groups is 1. The van der Waals surface area contributed by atoms with Crippen molar-refractivity contribution >= 4 is 16.9 Å². The van der Waals surface area contributed by atoms with E-state index in [1.165, 1.54) is 18.4 Å². The number of unbranched alkanes of at least 4 members (excludes halogenated alkanes) is 1. The van der Waals surface area contributed by atoms with Crippen molar-refractivity contribution in [2.45, 2.75) is 39.7 Å². The molecule has 0 amide bonds. The number of phenolic OH excluding ortho intramolecular Hbond substituents is 1. The van der Waals surface area contributed by atoms with E-state index in [1.807, 2.05) is 14.0 Å². The SMILES string of the molecule is CCCCN(C)Cc1c(O)ccc2c(=O)c(Oc3ccc(C(=O)OCCC)cc3)coc12. The van der Waals surface area contributed by atoms with Crippen molar-refractivity contribution in [2.75, 3.05) is 20.2 Å². The number of hydrogen-bond donors (Lipinski definition) is 1. The van der Waals surface area contributed by atoms with Crippen molar-refractivity contribution in [3.63, 3.8) is 0 Å². The highest BCUT2D eigenvalue weighted by molar-refractivity contribution is 5.89. The molecule has 7 heteroatoms. The van der Waals surface area contributed by atoms with Gasteiger partial charge in [-0.15, -0.1) is 0 Å². The van der Waals surface area contributed by atoms with E-state index >= 15 is 0 Å². The summed E-state index contributed by atoms with van der Waals surface area (Å²) in [7, 11) is 1.96. The summed E-state index contributed by atoms with van der Waals surface area (Å²) < 4.78 is 16.5. The zero-order valence-corrected chi connectivity index (χ0v) is 18.7. The number of rotatable bonds is 10. The van der Waals surface area contributed by atoms with Gasteiger partial charge in [0.25, 0.3) is 0 Å². The molecule has 1 aromatic heterocycles. The molecule has 0 bridgehead atoms. The number of esters is 1. The number of carbonyl (C=O) groups is 1. The van der Waals surface area contributed by atoms with Crippen LogP contribution < -0.4 is 10.2 Å². The number of hydrogen-bond acceptors (Lipinski definition) is 7. The first kappa shape index (κ1) is 23.3. The van der Waals surface area contributed by atoms with Crippen LogP contribution in [0.25, 0.3) is 11.0 Å². The summed E-state index contributed by atoms with van der Waals surface area (Å²) in [4.78, 5) is 27.0. The maximum Gasteiger partial charge on any atom is 0.338 e. The van der Waals surface area contributed by atoms with Crippen molar-refractivity contribution in [3.8, 4) is 17.2 Å². The Bertz CT molecular complexity index is 1120. The fourth-order valence-electron chi connectivity index (χ4n) is 3.29. The number of nitrogens with zero attached hydrogens (tertiary/aromatic N) is 1. The zero-order chi connectivity index (χ0) is 23.1. The molecule has 1 N–H and O–H groups in total. The third-order valence-electron chi connectivity index (χ3n) is 5.06. The van der Waals surface area contributed by atoms with E-state index in [0.29, 0.717) is 41.0 Å². The smallest absolute Gasteiger partial charge is 0.338 e. The second kappa shape index (κ2) is 10.8. The Hall–Kier alpha value is -3.32. The minimum atomic E-state index is -0.403. The van der Waals surface area contributed by atoms with Crippen LogP contribution in [0.2, 0.25) is 0 Å². The number of ether oxygens (including phenoxy) is 2. The molecule has 0 radical (unpaired) electrons. The van der Waals surface area contributed by atoms with Crippen LogP contribution in [0.15, 0.2) is 51.9 Å². The first-order valence-electron chi connectivity index (χ1n) is 10.8. The minimum absolute atomic E-state index is 0.0230. The van der Waals surface area contributed by atoms with Gasteiger partial charge in [0.2, 0.25) is 11.2 Å². The molecule has 0 fully saturated rings. The fraction of sp³-hybridized carbons (Fsp3) is 0.360. The van der Waals surface area contributed by atoms with E-state index in [4.69, 9.17) is 13.9 Å². The quantitative estimate of drug-likeness (QED) is 0.440. The largest absolute Gasteiger partial charge is 0.507 e. The van der Waals surface area contributed by atoms with Gasteiger partial charge in [-0.1, -0.05) is 20.3 Å². The molecule has 7 nitrogen and oxygen atoms in total. The summed E-state index contributed by atoms with van der Waals surface area (Å²) in [5, 5.41) is 10.7. The van der Waals surface area contributed by atoms with Crippen molar-refractivity contribution in [3.05, 3.63) is 64.0 Å². The van der Waals surface area contributed by atoms with Gasteiger partial charge in [0, 0.05) is 6.54 Å². The van der Waals surface area contributed by atoms with Crippen molar-refractivity contribution in [2.24, 2.45) is 0 Å². The molecule has 0 atom stereocenters. The number of phenols is 1. The zero-order valence-electron chi connectivity index (χ0n) is 18.7. The third kappa shape index (κ3) is 5.48. The molecule has 0 saturated heterocycles. The van der Waals surface area contributed by atoms with Gasteiger partial charge >= 0.3 is 5.97 Å². The Morgan fingerprint density at radius 1 is 1.09 bits per heavy atom. The van der Waals surface area contributed by atoms with Crippen LogP contribution in [0, 0.1) is 0 Å². The summed E-state index contributed by atoms with van der Waals surface area (Å²) in [5.41, 5.74) is 0.984. The molecule has 3 aromatic rings. The number of fused-ring (bicyclic) bond motifs is 1. The molecule has 0 unspecified atom stereocenters. The highest BCUT2D eigenvalue weighted by Gasteiger charge is 2.17. The van der Waals surface area contributed by atoms with Crippen molar-refractivity contribution < 1.29 is 23.8 Å². The molecular formula is C25H29NO6. The molecule has 1 heterocycles. The van der Waals surface area contributed by atoms with Gasteiger partial charge in [-0.2, -0.15) is 0 Å². The molecule has 3 rings (SSSR count). The molecule has 0 saturated carbocycles. The van der Waals surface area contributed by atoms with Gasteiger partial charge in [0.1, 0.15) is 23.3 Å². The molecule has 0 aliphatic rings. The number of benzene rings is 2. The number of carbonyl (C=O) groups excluding carboxylic acids is 1. The molecule has 0 spiro atoms. The Kier molecular flexibility index (Phi) is 7.89. The van der Waals surface area contributed by atoms with E-state index < -0.39 is 5.97 Å². The van der Waals surface area contributed by atoms with Crippen LogP contribution in [0.1, 0.15) is 49.0 Å². The molecule has 32 heavy (non-hydrogen) atoms. The van der Waals surface area contributed by atoms with Crippen LogP contribution in [0.4, 0.5) is 0 Å². The third-order valence-corrected chi connectivity index (χ3v) is 5.06. The maximum atomic E-state index is 13.0. The lowest BCUT2D eigenvalue weighted by Crippen LogP contribution is -2.19. The average molecular weight is 440 g/mol. The van der Waals surface area contributed by atoms with E-state index in [0.717, 1.165) is 25.8 Å². The van der Waals surface area contributed by atoms with Gasteiger partial charge < -0.3 is 23.9 Å². The lowest BCUT2D eigenvalue weighted by atomic mass is 10.1. The van der Waals surface area contributed by atoms with Crippen molar-refractivity contribution in [1.29, 1.82) is 0 Å². The highest BCUT2D eigenvalue weighted by Crippen LogP contribution is 2.29. The summed E-state index contributed by atoms with van der Waals surface area (Å²) >= 11 is 0. The lowest BCUT2D eigenvalue weighted by Gasteiger charge is -2.18. The lowest BCUT2D eigenvalue weighted by molar-refractivity contribution is 0.0505. The van der Waals surface area contributed by atoms with E-state index in [9.17, 15) is 14.7 Å². The average Bonchev–Trinajstić information content (AvgIpc) is 2.80. The van der Waals surface area contributed by atoms with Gasteiger partial charge in [-0.25, -0.2) is 4.79 Å². The highest BCUT2D eigenvalue weighted by atomic mass is 16.5. The van der Waals surface area contributed by atoms with Crippen LogP contribution in [0.3, 0.4) is 0 Å². The van der Waals surface area contributed by atoms with Crippen LogP contribution in [0.5, 0.6) is 17.2 Å². The second-order valence-electron chi connectivity index (χ2n) is 7.72. The second-order valence-corrected chi connectivity index (χ2v) is 7.72. The van der Waals surface area contributed by atoms with E-state index in [-0.39, 0.29) is 16.9 Å². The van der Waals surface area contributed by atoms with E-state index in [2.05, 4.69) is 11.8 Å². The van der Waals surface area contributed by atoms with Gasteiger partial charge in [-0.05, 0) is 62.8 Å². The monoisotopic (exact) mass is 439 g/mol. The van der Waals surface area contributed by atoms with Crippen molar-refractivity contribution in [1.82, 2.24) is 4.90 Å². The van der Waals surface area contributed by atoms with Gasteiger partial charge in [0.15, 0.2) is 0 Å². The Morgan fingerprint density at radius 2 is 1.84 bits per heavy atom. The molecule has 170 valence electrons. The normalized spacial score (nSPS) is 11.1. The topological polar surface area (TPSA) is 89.2 Å². The van der Waals surface area contributed by atoms with Gasteiger partial charge in [-0.3, -0.25) is 4.79 Å². The molecular weight excluding hydrogens is 410 g/mol. The van der Waals surface area contributed by atoms with Crippen LogP contribution >= 0.6 is 0 Å². The first-order valence-corrected chi connectivity index (χ1v) is 10.8. The maximum absolute atomic E-state index is 13.0. The Morgan fingerprint density at radius 3 is 2.53 bits per heavy atom. The minimum Gasteiger partial charge on any atom is -0.507 e. The van der Waals surface area contributed by atoms with E-state index in [1.54, 1.807) is 24.3 Å². The first-order chi connectivity index (χ1) is 15.4. The van der Waals surface area contributed by atoms with Gasteiger partial charge in [0.05, 0.1) is 23.1 Å². The van der Waals surface area contributed by atoms with Crippen LogP contribution in [-0.4, -0.2) is 36.2 Å². The fourth-order valence-corrected chi connectivity index (χ4v) is 3.29. The summed E-state index contributed by atoms with van der Waals surface area (Å²) in [5.74, 6) is 0.0971. The Labute approximate surface area is 187 Å². The predicted molar refractivity (Wildman–Crippen MR) is 122 cm³/mol. The standard InChI is InChI=1S/C25H29NO6/c1-4-6-13-26(3)15-20-21(27)12-11-19-23(28)22(16-31-24(19)20)32-18-9-7-17(8-10-18)25(29)30-14-5-2/h7-12,16,27H,4-6,13-15H2,1-3H3. The molecule has 0 aliphatic carbocycles. The summed E-state index contributed by atoms with van der Waals surface area (Å²) in [6, 6.07) is 9.39. The van der Waals surface area contributed by atoms with Crippen LogP contribution in [-0.2, 0) is 11.3 Å². The molecule has 0 aliphatic heterocycles. The molecule has 2 aromatic carbocycles.